The first kappa shape index (κ1) is 15.5. The molecule has 0 radical (unpaired) electrons. The molecule has 0 aliphatic heterocycles. The average molecular weight is 320 g/mol. The van der Waals surface area contributed by atoms with Crippen LogP contribution in [0.25, 0.3) is 0 Å². The second kappa shape index (κ2) is 6.78. The number of aromatic nitrogens is 2. The largest absolute Gasteiger partial charge is 0.322 e. The highest BCUT2D eigenvalue weighted by molar-refractivity contribution is 6.06. The van der Waals surface area contributed by atoms with Crippen LogP contribution in [-0.4, -0.2) is 22.0 Å². The summed E-state index contributed by atoms with van der Waals surface area (Å²) in [7, 11) is 0. The van der Waals surface area contributed by atoms with Crippen molar-refractivity contribution in [2.75, 3.05) is 10.6 Å². The molecular weight excluding hydrogens is 304 g/mol. The molecule has 2 amide bonds. The molecule has 0 bridgehead atoms. The van der Waals surface area contributed by atoms with Gasteiger partial charge in [0.05, 0.1) is 0 Å². The van der Waals surface area contributed by atoms with E-state index in [9.17, 15) is 9.59 Å². The van der Waals surface area contributed by atoms with Crippen molar-refractivity contribution in [2.45, 2.75) is 6.92 Å². The van der Waals surface area contributed by atoms with E-state index in [1.54, 1.807) is 54.6 Å². The van der Waals surface area contributed by atoms with Crippen LogP contribution in [0.2, 0.25) is 0 Å². The normalized spacial score (nSPS) is 10.2. The third-order valence-electron chi connectivity index (χ3n) is 3.39. The molecule has 0 fully saturated rings. The Morgan fingerprint density at radius 1 is 0.875 bits per heavy atom. The van der Waals surface area contributed by atoms with Gasteiger partial charge in [0.2, 0.25) is 0 Å². The molecule has 1 heterocycles. The zero-order valence-corrected chi connectivity index (χ0v) is 13.0. The van der Waals surface area contributed by atoms with Gasteiger partial charge in [-0.2, -0.15) is 5.10 Å². The van der Waals surface area contributed by atoms with Gasteiger partial charge in [0.25, 0.3) is 11.8 Å². The zero-order valence-electron chi connectivity index (χ0n) is 13.0. The quantitative estimate of drug-likeness (QED) is 0.690. The summed E-state index contributed by atoms with van der Waals surface area (Å²) in [5.74, 6) is 0.0150. The number of carbonyl (C=O) groups excluding carboxylic acids is 2. The van der Waals surface area contributed by atoms with E-state index >= 15 is 0 Å². The zero-order chi connectivity index (χ0) is 16.9. The smallest absolute Gasteiger partial charge is 0.256 e. The van der Waals surface area contributed by atoms with Crippen LogP contribution in [0.4, 0.5) is 11.5 Å². The SMILES string of the molecule is Cc1cc(NC(=O)c2ccc(NC(=O)c3ccccc3)cc2)n[nH]1. The van der Waals surface area contributed by atoms with Crippen molar-refractivity contribution in [3.63, 3.8) is 0 Å². The summed E-state index contributed by atoms with van der Waals surface area (Å²) in [4.78, 5) is 24.2. The van der Waals surface area contributed by atoms with E-state index < -0.39 is 0 Å². The maximum Gasteiger partial charge on any atom is 0.256 e. The number of rotatable bonds is 4. The van der Waals surface area contributed by atoms with Crippen molar-refractivity contribution in [3.05, 3.63) is 77.5 Å². The van der Waals surface area contributed by atoms with Gasteiger partial charge in [-0.05, 0) is 43.3 Å². The van der Waals surface area contributed by atoms with Crippen molar-refractivity contribution >= 4 is 23.3 Å². The summed E-state index contributed by atoms with van der Waals surface area (Å²) in [5.41, 5.74) is 2.54. The molecule has 3 aromatic rings. The molecule has 0 atom stereocenters. The van der Waals surface area contributed by atoms with Crippen LogP contribution in [0.15, 0.2) is 60.7 Å². The third-order valence-corrected chi connectivity index (χ3v) is 3.39. The Morgan fingerprint density at radius 2 is 1.50 bits per heavy atom. The highest BCUT2D eigenvalue weighted by atomic mass is 16.2. The van der Waals surface area contributed by atoms with Gasteiger partial charge >= 0.3 is 0 Å². The molecule has 0 aliphatic rings. The van der Waals surface area contributed by atoms with Crippen LogP contribution in [0, 0.1) is 6.92 Å². The number of aryl methyl sites for hydroxylation is 1. The lowest BCUT2D eigenvalue weighted by Gasteiger charge is -2.06. The number of aromatic amines is 1. The number of H-pyrrole nitrogens is 1. The number of benzene rings is 2. The molecule has 3 rings (SSSR count). The van der Waals surface area contributed by atoms with Gasteiger partial charge in [-0.1, -0.05) is 18.2 Å². The summed E-state index contributed by atoms with van der Waals surface area (Å²) in [6.45, 7) is 1.85. The molecule has 6 heteroatoms. The minimum absolute atomic E-state index is 0.195. The molecule has 0 saturated heterocycles. The second-order valence-corrected chi connectivity index (χ2v) is 5.29. The van der Waals surface area contributed by atoms with E-state index in [2.05, 4.69) is 20.8 Å². The van der Waals surface area contributed by atoms with E-state index in [0.717, 1.165) is 5.69 Å². The summed E-state index contributed by atoms with van der Waals surface area (Å²) in [5, 5.41) is 12.2. The van der Waals surface area contributed by atoms with Gasteiger partial charge in [0, 0.05) is 28.6 Å². The summed E-state index contributed by atoms with van der Waals surface area (Å²) in [6.07, 6.45) is 0. The van der Waals surface area contributed by atoms with Crippen LogP contribution in [0.3, 0.4) is 0 Å². The van der Waals surface area contributed by atoms with Gasteiger partial charge in [0.15, 0.2) is 5.82 Å². The highest BCUT2D eigenvalue weighted by Gasteiger charge is 2.09. The maximum atomic E-state index is 12.1. The van der Waals surface area contributed by atoms with Crippen LogP contribution < -0.4 is 10.6 Å². The molecule has 0 spiro atoms. The van der Waals surface area contributed by atoms with E-state index in [0.29, 0.717) is 22.6 Å². The van der Waals surface area contributed by atoms with Gasteiger partial charge in [-0.15, -0.1) is 0 Å². The average Bonchev–Trinajstić information content (AvgIpc) is 3.01. The van der Waals surface area contributed by atoms with Crippen molar-refractivity contribution in [1.29, 1.82) is 0 Å². The first-order valence-corrected chi connectivity index (χ1v) is 7.41. The number of amides is 2. The molecule has 1 aromatic heterocycles. The van der Waals surface area contributed by atoms with E-state index in [1.165, 1.54) is 0 Å². The number of nitrogens with one attached hydrogen (secondary N) is 3. The molecule has 0 aliphatic carbocycles. The van der Waals surface area contributed by atoms with Crippen molar-refractivity contribution in [3.8, 4) is 0 Å². The molecule has 2 aromatic carbocycles. The molecule has 0 saturated carbocycles. The summed E-state index contributed by atoms with van der Waals surface area (Å²) in [6, 6.07) is 17.4. The Labute approximate surface area is 138 Å². The van der Waals surface area contributed by atoms with Crippen LogP contribution >= 0.6 is 0 Å². The molecule has 6 nitrogen and oxygen atoms in total. The van der Waals surface area contributed by atoms with Crippen LogP contribution in [0.5, 0.6) is 0 Å². The lowest BCUT2D eigenvalue weighted by atomic mass is 10.1. The van der Waals surface area contributed by atoms with E-state index in [4.69, 9.17) is 0 Å². The van der Waals surface area contributed by atoms with Crippen LogP contribution in [-0.2, 0) is 0 Å². The Hall–Kier alpha value is -3.41. The molecule has 120 valence electrons. The second-order valence-electron chi connectivity index (χ2n) is 5.29. The van der Waals surface area contributed by atoms with Gasteiger partial charge < -0.3 is 10.6 Å². The number of hydrogen-bond donors (Lipinski definition) is 3. The van der Waals surface area contributed by atoms with E-state index in [-0.39, 0.29) is 11.8 Å². The standard InChI is InChI=1S/C18H16N4O2/c1-12-11-16(22-21-12)20-18(24)14-7-9-15(10-8-14)19-17(23)13-5-3-2-4-6-13/h2-11H,1H3,(H,19,23)(H2,20,21,22,24). The minimum atomic E-state index is -0.262. The summed E-state index contributed by atoms with van der Waals surface area (Å²) >= 11 is 0. The fourth-order valence-electron chi connectivity index (χ4n) is 2.17. The topological polar surface area (TPSA) is 86.9 Å². The predicted octanol–water partition coefficient (Wildman–Crippen LogP) is 3.22. The van der Waals surface area contributed by atoms with Crippen LogP contribution in [0.1, 0.15) is 26.4 Å². The third kappa shape index (κ3) is 3.67. The number of carbonyl (C=O) groups is 2. The fraction of sp³-hybridized carbons (Fsp3) is 0.0556. The van der Waals surface area contributed by atoms with Gasteiger partial charge in [-0.3, -0.25) is 14.7 Å². The molecule has 3 N–H and O–H groups in total. The minimum Gasteiger partial charge on any atom is -0.322 e. The highest BCUT2D eigenvalue weighted by Crippen LogP contribution is 2.13. The van der Waals surface area contributed by atoms with Crippen molar-refractivity contribution < 1.29 is 9.59 Å². The van der Waals surface area contributed by atoms with E-state index in [1.807, 2.05) is 13.0 Å². The fourth-order valence-corrected chi connectivity index (χ4v) is 2.17. The molecule has 0 unspecified atom stereocenters. The Morgan fingerprint density at radius 3 is 2.12 bits per heavy atom. The van der Waals surface area contributed by atoms with Crippen molar-refractivity contribution in [1.82, 2.24) is 10.2 Å². The number of anilines is 2. The first-order valence-electron chi connectivity index (χ1n) is 7.41. The molecule has 24 heavy (non-hydrogen) atoms. The Kier molecular flexibility index (Phi) is 4.38. The molecular formula is C18H16N4O2. The number of nitrogens with zero attached hydrogens (tertiary/aromatic N) is 1. The predicted molar refractivity (Wildman–Crippen MR) is 92.1 cm³/mol. The maximum absolute atomic E-state index is 12.1. The van der Waals surface area contributed by atoms with Gasteiger partial charge in [0.1, 0.15) is 0 Å². The Balaban J connectivity index is 1.64. The lowest BCUT2D eigenvalue weighted by Crippen LogP contribution is -2.13. The first-order chi connectivity index (χ1) is 11.6. The summed E-state index contributed by atoms with van der Waals surface area (Å²) < 4.78 is 0. The lowest BCUT2D eigenvalue weighted by molar-refractivity contribution is 0.101. The van der Waals surface area contributed by atoms with Gasteiger partial charge in [-0.25, -0.2) is 0 Å². The monoisotopic (exact) mass is 320 g/mol. The number of hydrogen-bond acceptors (Lipinski definition) is 3. The Bertz CT molecular complexity index is 854. The van der Waals surface area contributed by atoms with Crippen molar-refractivity contribution in [2.24, 2.45) is 0 Å².